The van der Waals surface area contributed by atoms with Crippen LogP contribution in [0.2, 0.25) is 0 Å². The number of halogens is 1. The molecule has 0 bridgehead atoms. The molecule has 2 aromatic rings. The van der Waals surface area contributed by atoms with E-state index in [1.807, 2.05) is 13.8 Å². The predicted octanol–water partition coefficient (Wildman–Crippen LogP) is 4.04. The van der Waals surface area contributed by atoms with Crippen molar-refractivity contribution in [1.82, 2.24) is 0 Å². The van der Waals surface area contributed by atoms with Gasteiger partial charge in [0.1, 0.15) is 5.75 Å². The van der Waals surface area contributed by atoms with Crippen LogP contribution in [-0.4, -0.2) is 14.5 Å². The summed E-state index contributed by atoms with van der Waals surface area (Å²) in [5.41, 5.74) is 0.494. The maximum atomic E-state index is 12.2. The van der Waals surface area contributed by atoms with Gasteiger partial charge in [-0.2, -0.15) is 0 Å². The van der Waals surface area contributed by atoms with Crippen LogP contribution >= 0.6 is 15.9 Å². The molecular weight excluding hydrogens is 354 g/mol. The number of hydrogen-bond acceptors (Lipinski definition) is 3. The Morgan fingerprint density at radius 3 is 2.10 bits per heavy atom. The van der Waals surface area contributed by atoms with Crippen LogP contribution in [0, 0.1) is 0 Å². The van der Waals surface area contributed by atoms with E-state index in [2.05, 4.69) is 20.7 Å². The molecule has 0 saturated carbocycles. The number of rotatable bonds is 5. The van der Waals surface area contributed by atoms with Gasteiger partial charge in [-0.05, 0) is 62.4 Å². The first-order valence-corrected chi connectivity index (χ1v) is 8.69. The summed E-state index contributed by atoms with van der Waals surface area (Å²) in [6.07, 6.45) is 0.0790. The molecule has 0 aliphatic carbocycles. The van der Waals surface area contributed by atoms with Gasteiger partial charge < -0.3 is 4.74 Å². The van der Waals surface area contributed by atoms with E-state index in [9.17, 15) is 8.42 Å². The zero-order chi connectivity index (χ0) is 15.5. The van der Waals surface area contributed by atoms with E-state index in [4.69, 9.17) is 4.74 Å². The molecule has 0 aromatic heterocycles. The molecule has 0 fully saturated rings. The molecule has 0 amide bonds. The molecule has 0 aliphatic rings. The second-order valence-electron chi connectivity index (χ2n) is 4.75. The molecule has 2 rings (SSSR count). The van der Waals surface area contributed by atoms with Crippen LogP contribution < -0.4 is 9.46 Å². The lowest BCUT2D eigenvalue weighted by atomic mass is 10.3. The number of sulfonamides is 1. The van der Waals surface area contributed by atoms with Crippen LogP contribution in [0.1, 0.15) is 13.8 Å². The van der Waals surface area contributed by atoms with Crippen molar-refractivity contribution in [2.24, 2.45) is 0 Å². The third-order valence-corrected chi connectivity index (χ3v) is 4.53. The quantitative estimate of drug-likeness (QED) is 0.864. The first-order valence-electron chi connectivity index (χ1n) is 6.42. The van der Waals surface area contributed by atoms with Crippen molar-refractivity contribution in [3.05, 3.63) is 53.0 Å². The lowest BCUT2D eigenvalue weighted by Gasteiger charge is -2.11. The Kier molecular flexibility index (Phi) is 4.90. The number of nitrogens with one attached hydrogen (secondary N) is 1. The maximum Gasteiger partial charge on any atom is 0.261 e. The summed E-state index contributed by atoms with van der Waals surface area (Å²) in [6.45, 7) is 3.87. The smallest absolute Gasteiger partial charge is 0.261 e. The van der Waals surface area contributed by atoms with Crippen LogP contribution in [0.4, 0.5) is 5.69 Å². The average Bonchev–Trinajstić information content (AvgIpc) is 2.40. The number of ether oxygens (including phenoxy) is 1. The molecule has 6 heteroatoms. The molecule has 0 radical (unpaired) electrons. The molecule has 21 heavy (non-hydrogen) atoms. The van der Waals surface area contributed by atoms with Crippen LogP contribution in [0.5, 0.6) is 5.75 Å². The summed E-state index contributed by atoms with van der Waals surface area (Å²) in [5, 5.41) is 0. The Hall–Kier alpha value is -1.53. The fourth-order valence-electron chi connectivity index (χ4n) is 1.70. The Balaban J connectivity index is 2.15. The van der Waals surface area contributed by atoms with Crippen molar-refractivity contribution in [2.45, 2.75) is 24.8 Å². The summed E-state index contributed by atoms with van der Waals surface area (Å²) in [7, 11) is -3.58. The highest BCUT2D eigenvalue weighted by molar-refractivity contribution is 9.10. The van der Waals surface area contributed by atoms with Crippen molar-refractivity contribution < 1.29 is 13.2 Å². The largest absolute Gasteiger partial charge is 0.491 e. The molecule has 2 aromatic carbocycles. The molecule has 0 heterocycles. The normalized spacial score (nSPS) is 11.4. The first kappa shape index (κ1) is 15.9. The van der Waals surface area contributed by atoms with Gasteiger partial charge in [0.2, 0.25) is 0 Å². The molecule has 0 atom stereocenters. The summed E-state index contributed by atoms with van der Waals surface area (Å²) in [5.74, 6) is 0.705. The fourth-order valence-corrected chi connectivity index (χ4v) is 3.02. The molecule has 4 nitrogen and oxygen atoms in total. The van der Waals surface area contributed by atoms with E-state index in [1.165, 1.54) is 0 Å². The Bertz CT molecular complexity index is 695. The maximum absolute atomic E-state index is 12.2. The lowest BCUT2D eigenvalue weighted by Crippen LogP contribution is -2.12. The Morgan fingerprint density at radius 2 is 1.57 bits per heavy atom. The molecule has 0 spiro atoms. The molecule has 0 saturated heterocycles. The van der Waals surface area contributed by atoms with Crippen LogP contribution in [0.3, 0.4) is 0 Å². The minimum atomic E-state index is -3.58. The molecular formula is C15H16BrNO3S. The standard InChI is InChI=1S/C15H16BrNO3S/c1-11(2)20-14-7-5-13(6-8-14)17-21(18,19)15-9-3-12(16)4-10-15/h3-11,17H,1-2H3. The average molecular weight is 370 g/mol. The van der Waals surface area contributed by atoms with Gasteiger partial charge in [0, 0.05) is 10.2 Å². The third kappa shape index (κ3) is 4.47. The lowest BCUT2D eigenvalue weighted by molar-refractivity contribution is 0.242. The highest BCUT2D eigenvalue weighted by Gasteiger charge is 2.13. The Morgan fingerprint density at radius 1 is 1.00 bits per heavy atom. The summed E-state index contributed by atoms with van der Waals surface area (Å²) < 4.78 is 33.3. The van der Waals surface area contributed by atoms with Crippen molar-refractivity contribution >= 4 is 31.6 Å². The van der Waals surface area contributed by atoms with E-state index in [0.717, 1.165) is 4.47 Å². The predicted molar refractivity (Wildman–Crippen MR) is 87.2 cm³/mol. The SMILES string of the molecule is CC(C)Oc1ccc(NS(=O)(=O)c2ccc(Br)cc2)cc1. The van der Waals surface area contributed by atoms with Gasteiger partial charge in [-0.15, -0.1) is 0 Å². The van der Waals surface area contributed by atoms with Crippen molar-refractivity contribution in [1.29, 1.82) is 0 Å². The minimum absolute atomic E-state index is 0.0790. The second kappa shape index (κ2) is 6.49. The van der Waals surface area contributed by atoms with Gasteiger partial charge in [-0.25, -0.2) is 8.42 Å². The van der Waals surface area contributed by atoms with Gasteiger partial charge in [0.05, 0.1) is 11.0 Å². The molecule has 0 aliphatic heterocycles. The summed E-state index contributed by atoms with van der Waals surface area (Å²) >= 11 is 3.28. The number of anilines is 1. The van der Waals surface area contributed by atoms with Gasteiger partial charge >= 0.3 is 0 Å². The topological polar surface area (TPSA) is 55.4 Å². The molecule has 1 N–H and O–H groups in total. The van der Waals surface area contributed by atoms with E-state index in [-0.39, 0.29) is 11.0 Å². The first-order chi connectivity index (χ1) is 9.87. The van der Waals surface area contributed by atoms with E-state index >= 15 is 0 Å². The van der Waals surface area contributed by atoms with Crippen LogP contribution in [0.15, 0.2) is 57.9 Å². The van der Waals surface area contributed by atoms with Crippen LogP contribution in [0.25, 0.3) is 0 Å². The van der Waals surface area contributed by atoms with Gasteiger partial charge in [-0.1, -0.05) is 15.9 Å². The van der Waals surface area contributed by atoms with Crippen molar-refractivity contribution in [3.8, 4) is 5.75 Å². The zero-order valence-electron chi connectivity index (χ0n) is 11.7. The minimum Gasteiger partial charge on any atom is -0.491 e. The number of hydrogen-bond donors (Lipinski definition) is 1. The third-order valence-electron chi connectivity index (χ3n) is 2.60. The molecule has 112 valence electrons. The van der Waals surface area contributed by atoms with Gasteiger partial charge in [-0.3, -0.25) is 4.72 Å². The second-order valence-corrected chi connectivity index (χ2v) is 7.35. The summed E-state index contributed by atoms with van der Waals surface area (Å²) in [6, 6.07) is 13.3. The van der Waals surface area contributed by atoms with E-state index < -0.39 is 10.0 Å². The number of benzene rings is 2. The zero-order valence-corrected chi connectivity index (χ0v) is 14.1. The molecule has 0 unspecified atom stereocenters. The van der Waals surface area contributed by atoms with Gasteiger partial charge in [0.15, 0.2) is 0 Å². The fraction of sp³-hybridized carbons (Fsp3) is 0.200. The monoisotopic (exact) mass is 369 g/mol. The summed E-state index contributed by atoms with van der Waals surface area (Å²) in [4.78, 5) is 0.216. The highest BCUT2D eigenvalue weighted by Crippen LogP contribution is 2.21. The van der Waals surface area contributed by atoms with Crippen molar-refractivity contribution in [3.63, 3.8) is 0 Å². The van der Waals surface area contributed by atoms with Gasteiger partial charge in [0.25, 0.3) is 10.0 Å². The highest BCUT2D eigenvalue weighted by atomic mass is 79.9. The Labute approximate surface area is 133 Å². The van der Waals surface area contributed by atoms with Crippen LogP contribution in [-0.2, 0) is 10.0 Å². The van der Waals surface area contributed by atoms with E-state index in [0.29, 0.717) is 11.4 Å². The van der Waals surface area contributed by atoms with E-state index in [1.54, 1.807) is 48.5 Å². The van der Waals surface area contributed by atoms with Crippen molar-refractivity contribution in [2.75, 3.05) is 4.72 Å².